The van der Waals surface area contributed by atoms with Crippen LogP contribution in [0.2, 0.25) is 0 Å². The van der Waals surface area contributed by atoms with Gasteiger partial charge in [-0.2, -0.15) is 0 Å². The first-order chi connectivity index (χ1) is 11.4. The molecule has 2 atom stereocenters. The van der Waals surface area contributed by atoms with Crippen molar-refractivity contribution in [2.75, 3.05) is 38.7 Å². The number of anilines is 1. The van der Waals surface area contributed by atoms with Gasteiger partial charge in [-0.05, 0) is 31.9 Å². The highest BCUT2D eigenvalue weighted by Gasteiger charge is 2.63. The van der Waals surface area contributed by atoms with Gasteiger partial charge >= 0.3 is 0 Å². The number of hydrogen-bond donors (Lipinski definition) is 1. The monoisotopic (exact) mass is 332 g/mol. The number of benzene rings is 1. The number of hydrogen-bond acceptors (Lipinski definition) is 4. The minimum atomic E-state index is -0.313. The van der Waals surface area contributed by atoms with E-state index in [0.717, 1.165) is 18.5 Å². The summed E-state index contributed by atoms with van der Waals surface area (Å²) in [6.45, 7) is 3.84. The maximum atomic E-state index is 12.6. The first-order valence-electron chi connectivity index (χ1n) is 8.69. The standard InChI is InChI=1S/C19H28N2O3/c1-18(24-3)13-16(22)19(18)9-11-21(12-10-19)17(23)14-20(2)15-7-5-4-6-8-15/h4-8,16,22H,9-14H2,1-3H3/t16-,18+/m1/s1. The normalized spacial score (nSPS) is 28.5. The van der Waals surface area contributed by atoms with E-state index in [0.29, 0.717) is 26.1 Å². The average Bonchev–Trinajstić information content (AvgIpc) is 2.62. The highest BCUT2D eigenvalue weighted by molar-refractivity contribution is 5.81. The number of para-hydroxylation sites is 1. The second-order valence-corrected chi connectivity index (χ2v) is 7.38. The van der Waals surface area contributed by atoms with Gasteiger partial charge < -0.3 is 19.6 Å². The maximum Gasteiger partial charge on any atom is 0.242 e. The summed E-state index contributed by atoms with van der Waals surface area (Å²) in [4.78, 5) is 16.5. The molecule has 1 aliphatic carbocycles. The fraction of sp³-hybridized carbons (Fsp3) is 0.632. The molecule has 1 aliphatic heterocycles. The quantitative estimate of drug-likeness (QED) is 0.915. The Bertz CT molecular complexity index is 584. The van der Waals surface area contributed by atoms with E-state index >= 15 is 0 Å². The zero-order valence-corrected chi connectivity index (χ0v) is 14.9. The lowest BCUT2D eigenvalue weighted by atomic mass is 9.51. The molecule has 132 valence electrons. The van der Waals surface area contributed by atoms with Gasteiger partial charge in [0.1, 0.15) is 0 Å². The van der Waals surface area contributed by atoms with Gasteiger partial charge in [-0.25, -0.2) is 0 Å². The van der Waals surface area contributed by atoms with Crippen molar-refractivity contribution in [1.82, 2.24) is 4.90 Å². The fourth-order valence-corrected chi connectivity index (χ4v) is 4.37. The molecule has 1 spiro atoms. The van der Waals surface area contributed by atoms with Gasteiger partial charge in [-0.15, -0.1) is 0 Å². The number of piperidine rings is 1. The summed E-state index contributed by atoms with van der Waals surface area (Å²) in [5.74, 6) is 0.143. The summed E-state index contributed by atoms with van der Waals surface area (Å²) in [5.41, 5.74) is 0.590. The second-order valence-electron chi connectivity index (χ2n) is 7.38. The van der Waals surface area contributed by atoms with E-state index in [1.807, 2.05) is 47.2 Å². The lowest BCUT2D eigenvalue weighted by Gasteiger charge is -2.62. The number of ether oxygens (including phenoxy) is 1. The number of methoxy groups -OCH3 is 1. The highest BCUT2D eigenvalue weighted by atomic mass is 16.5. The lowest BCUT2D eigenvalue weighted by Crippen LogP contribution is -2.69. The van der Waals surface area contributed by atoms with Crippen LogP contribution in [0.4, 0.5) is 5.69 Å². The van der Waals surface area contributed by atoms with Crippen LogP contribution >= 0.6 is 0 Å². The van der Waals surface area contributed by atoms with Gasteiger partial charge in [0.15, 0.2) is 0 Å². The van der Waals surface area contributed by atoms with Crippen molar-refractivity contribution in [3.8, 4) is 0 Å². The Kier molecular flexibility index (Phi) is 4.58. The van der Waals surface area contributed by atoms with Crippen molar-refractivity contribution in [1.29, 1.82) is 0 Å². The van der Waals surface area contributed by atoms with Gasteiger partial charge in [-0.1, -0.05) is 18.2 Å². The summed E-state index contributed by atoms with van der Waals surface area (Å²) >= 11 is 0. The minimum Gasteiger partial charge on any atom is -0.392 e. The molecule has 1 heterocycles. The molecule has 2 fully saturated rings. The van der Waals surface area contributed by atoms with Crippen LogP contribution in [0.1, 0.15) is 26.2 Å². The molecule has 1 amide bonds. The third kappa shape index (κ3) is 2.70. The molecular formula is C19H28N2O3. The van der Waals surface area contributed by atoms with E-state index in [2.05, 4.69) is 6.92 Å². The van der Waals surface area contributed by atoms with E-state index in [1.54, 1.807) is 7.11 Å². The van der Waals surface area contributed by atoms with E-state index in [9.17, 15) is 9.90 Å². The third-order valence-electron chi connectivity index (χ3n) is 6.30. The largest absolute Gasteiger partial charge is 0.392 e. The molecule has 0 aromatic heterocycles. The van der Waals surface area contributed by atoms with Crippen molar-refractivity contribution >= 4 is 11.6 Å². The van der Waals surface area contributed by atoms with Crippen LogP contribution in [-0.2, 0) is 9.53 Å². The zero-order chi connectivity index (χ0) is 17.4. The van der Waals surface area contributed by atoms with Crippen LogP contribution in [0.15, 0.2) is 30.3 Å². The summed E-state index contributed by atoms with van der Waals surface area (Å²) in [7, 11) is 3.66. The van der Waals surface area contributed by atoms with Crippen molar-refractivity contribution in [3.63, 3.8) is 0 Å². The molecule has 1 saturated carbocycles. The number of rotatable bonds is 4. The third-order valence-corrected chi connectivity index (χ3v) is 6.30. The summed E-state index contributed by atoms with van der Waals surface area (Å²) in [5, 5.41) is 10.3. The first-order valence-corrected chi connectivity index (χ1v) is 8.69. The maximum absolute atomic E-state index is 12.6. The van der Waals surface area contributed by atoms with Gasteiger partial charge in [-0.3, -0.25) is 4.79 Å². The van der Waals surface area contributed by atoms with Crippen LogP contribution in [0.3, 0.4) is 0 Å². The van der Waals surface area contributed by atoms with Gasteiger partial charge in [0.25, 0.3) is 0 Å². The van der Waals surface area contributed by atoms with E-state index in [4.69, 9.17) is 4.74 Å². The molecule has 0 radical (unpaired) electrons. The Morgan fingerprint density at radius 2 is 1.96 bits per heavy atom. The zero-order valence-electron chi connectivity index (χ0n) is 14.9. The SMILES string of the molecule is CO[C@@]1(C)C[C@@H](O)C12CCN(C(=O)CN(C)c1ccccc1)CC2. The number of carbonyl (C=O) groups excluding carboxylic acids is 1. The molecule has 24 heavy (non-hydrogen) atoms. The number of amides is 1. The topological polar surface area (TPSA) is 53.0 Å². The van der Waals surface area contributed by atoms with Crippen LogP contribution in [-0.4, -0.2) is 61.4 Å². The lowest BCUT2D eigenvalue weighted by molar-refractivity contribution is -0.260. The number of aliphatic hydroxyl groups excluding tert-OH is 1. The van der Waals surface area contributed by atoms with Crippen LogP contribution in [0.25, 0.3) is 0 Å². The molecule has 0 bridgehead atoms. The number of likely N-dealkylation sites (tertiary alicyclic amines) is 1. The predicted octanol–water partition coefficient (Wildman–Crippen LogP) is 1.90. The Labute approximate surface area is 144 Å². The van der Waals surface area contributed by atoms with Crippen molar-refractivity contribution < 1.29 is 14.6 Å². The molecule has 2 aliphatic rings. The summed E-state index contributed by atoms with van der Waals surface area (Å²) in [6.07, 6.45) is 1.99. The van der Waals surface area contributed by atoms with Crippen molar-refractivity contribution in [2.45, 2.75) is 37.9 Å². The van der Waals surface area contributed by atoms with Crippen molar-refractivity contribution in [3.05, 3.63) is 30.3 Å². The smallest absolute Gasteiger partial charge is 0.242 e. The Morgan fingerprint density at radius 3 is 2.50 bits per heavy atom. The molecule has 1 aromatic carbocycles. The first kappa shape index (κ1) is 17.2. The Hall–Kier alpha value is -1.59. The number of nitrogens with zero attached hydrogens (tertiary/aromatic N) is 2. The molecule has 1 aromatic rings. The van der Waals surface area contributed by atoms with E-state index in [1.165, 1.54) is 0 Å². The number of carbonyl (C=O) groups is 1. The predicted molar refractivity (Wildman–Crippen MR) is 94.0 cm³/mol. The van der Waals surface area contributed by atoms with Crippen LogP contribution in [0.5, 0.6) is 0 Å². The van der Waals surface area contributed by atoms with Gasteiger partial charge in [0.2, 0.25) is 5.91 Å². The minimum absolute atomic E-state index is 0.143. The van der Waals surface area contributed by atoms with Gasteiger partial charge in [0, 0.05) is 44.8 Å². The van der Waals surface area contributed by atoms with E-state index < -0.39 is 0 Å². The number of likely N-dealkylation sites (N-methyl/N-ethyl adjacent to an activating group) is 1. The van der Waals surface area contributed by atoms with Crippen LogP contribution in [0, 0.1) is 5.41 Å². The van der Waals surface area contributed by atoms with Gasteiger partial charge in [0.05, 0.1) is 18.2 Å². The highest BCUT2D eigenvalue weighted by Crippen LogP contribution is 2.57. The fourth-order valence-electron chi connectivity index (χ4n) is 4.37. The molecular weight excluding hydrogens is 304 g/mol. The average molecular weight is 332 g/mol. The Morgan fingerprint density at radius 1 is 1.33 bits per heavy atom. The molecule has 3 rings (SSSR count). The van der Waals surface area contributed by atoms with Crippen molar-refractivity contribution in [2.24, 2.45) is 5.41 Å². The summed E-state index contributed by atoms with van der Waals surface area (Å²) in [6, 6.07) is 9.94. The molecule has 5 heteroatoms. The summed E-state index contributed by atoms with van der Waals surface area (Å²) < 4.78 is 5.68. The Balaban J connectivity index is 1.58. The van der Waals surface area contributed by atoms with E-state index in [-0.39, 0.29) is 23.0 Å². The molecule has 0 unspecified atom stereocenters. The van der Waals surface area contributed by atoms with Crippen LogP contribution < -0.4 is 4.90 Å². The molecule has 1 N–H and O–H groups in total. The molecule has 1 saturated heterocycles. The second kappa shape index (κ2) is 6.37. The number of aliphatic hydroxyl groups is 1. The molecule has 5 nitrogen and oxygen atoms in total.